The lowest BCUT2D eigenvalue weighted by molar-refractivity contribution is -0.338. The number of carboxylic acid groups (broad SMARTS) is 2. The van der Waals surface area contributed by atoms with Crippen molar-refractivity contribution in [3.05, 3.63) is 0 Å². The van der Waals surface area contributed by atoms with Gasteiger partial charge in [-0.15, -0.1) is 0 Å². The van der Waals surface area contributed by atoms with Gasteiger partial charge in [-0.05, 0) is 125 Å². The van der Waals surface area contributed by atoms with Crippen LogP contribution >= 0.6 is 0 Å². The predicted octanol–water partition coefficient (Wildman–Crippen LogP) is 6.90. The summed E-state index contributed by atoms with van der Waals surface area (Å²) in [7, 11) is 0. The maximum Gasteiger partial charge on any atom is 0.310 e. The zero-order chi connectivity index (χ0) is 29.7. The number of rotatable bonds is 10. The van der Waals surface area contributed by atoms with Crippen molar-refractivity contribution >= 4 is 17.9 Å². The minimum absolute atomic E-state index is 0.0192. The first kappa shape index (κ1) is 32.2. The topological polar surface area (TPSA) is 119 Å². The van der Waals surface area contributed by atoms with Crippen LogP contribution in [-0.4, -0.2) is 46.9 Å². The van der Waals surface area contributed by atoms with E-state index < -0.39 is 23.8 Å². The number of hydrogen-bond acceptors (Lipinski definition) is 6. The van der Waals surface area contributed by atoms with Gasteiger partial charge < -0.3 is 14.9 Å². The van der Waals surface area contributed by atoms with Crippen molar-refractivity contribution in [2.45, 2.75) is 130 Å². The first-order valence-electron chi connectivity index (χ1n) is 16.4. The molecule has 4 aliphatic carbocycles. The van der Waals surface area contributed by atoms with E-state index in [-0.39, 0.29) is 35.4 Å². The van der Waals surface area contributed by atoms with Crippen LogP contribution in [0.4, 0.5) is 0 Å². The lowest BCUT2D eigenvalue weighted by atomic mass is 9.60. The van der Waals surface area contributed by atoms with Crippen LogP contribution in [0.15, 0.2) is 0 Å². The monoisotopic (exact) mass is 578 g/mol. The average molecular weight is 579 g/mol. The smallest absolute Gasteiger partial charge is 0.310 e. The number of carbonyl (C=O) groups excluding carboxylic acids is 1. The van der Waals surface area contributed by atoms with Crippen molar-refractivity contribution in [1.82, 2.24) is 0 Å². The molecule has 8 heteroatoms. The van der Waals surface area contributed by atoms with Gasteiger partial charge in [-0.2, -0.15) is 0 Å². The summed E-state index contributed by atoms with van der Waals surface area (Å²) in [6.07, 6.45) is 12.4. The first-order chi connectivity index (χ1) is 19.5. The molecule has 0 aliphatic heterocycles. The molecule has 234 valence electrons. The van der Waals surface area contributed by atoms with Gasteiger partial charge in [0.2, 0.25) is 0 Å². The van der Waals surface area contributed by atoms with Gasteiger partial charge in [0, 0.05) is 0 Å². The maximum absolute atomic E-state index is 13.0. The van der Waals surface area contributed by atoms with E-state index in [1.165, 1.54) is 0 Å². The summed E-state index contributed by atoms with van der Waals surface area (Å²) < 4.78 is 5.92. The molecule has 6 unspecified atom stereocenters. The van der Waals surface area contributed by atoms with Gasteiger partial charge in [0.1, 0.15) is 6.10 Å². The largest absolute Gasteiger partial charge is 0.481 e. The van der Waals surface area contributed by atoms with E-state index in [0.29, 0.717) is 43.1 Å². The van der Waals surface area contributed by atoms with E-state index in [2.05, 4.69) is 27.7 Å². The Morgan fingerprint density at radius 3 is 1.73 bits per heavy atom. The molecule has 4 fully saturated rings. The molecule has 0 aromatic carbocycles. The second-order valence-corrected chi connectivity index (χ2v) is 14.7. The molecule has 6 atom stereocenters. The Kier molecular flexibility index (Phi) is 11.2. The summed E-state index contributed by atoms with van der Waals surface area (Å²) in [6.45, 7) is 9.42. The third kappa shape index (κ3) is 8.25. The summed E-state index contributed by atoms with van der Waals surface area (Å²) in [5.74, 6) is -1.28. The first-order valence-corrected chi connectivity index (χ1v) is 16.4. The van der Waals surface area contributed by atoms with E-state index >= 15 is 0 Å². The normalized spacial score (nSPS) is 38.6. The number of hydrogen-bond donors (Lipinski definition) is 2. The molecular weight excluding hydrogens is 524 g/mol. The summed E-state index contributed by atoms with van der Waals surface area (Å²) >= 11 is 0. The number of esters is 1. The maximum atomic E-state index is 13.0. The average Bonchev–Trinajstić information content (AvgIpc) is 2.93. The fourth-order valence-corrected chi connectivity index (χ4v) is 8.58. The molecule has 41 heavy (non-hydrogen) atoms. The lowest BCUT2D eigenvalue weighted by Gasteiger charge is -2.46. The van der Waals surface area contributed by atoms with E-state index in [4.69, 9.17) is 14.5 Å². The van der Waals surface area contributed by atoms with E-state index in [9.17, 15) is 24.6 Å². The van der Waals surface area contributed by atoms with Crippen LogP contribution in [-0.2, 0) is 28.9 Å². The van der Waals surface area contributed by atoms with Crippen molar-refractivity contribution in [2.24, 2.45) is 52.8 Å². The quantitative estimate of drug-likeness (QED) is 0.163. The van der Waals surface area contributed by atoms with Crippen LogP contribution in [0.5, 0.6) is 0 Å². The van der Waals surface area contributed by atoms with Gasteiger partial charge in [0.15, 0.2) is 0 Å². The molecule has 4 rings (SSSR count). The summed E-state index contributed by atoms with van der Waals surface area (Å²) in [5.41, 5.74) is 0.182. The van der Waals surface area contributed by atoms with Gasteiger partial charge in [-0.1, -0.05) is 27.7 Å². The van der Waals surface area contributed by atoms with Crippen LogP contribution in [0.2, 0.25) is 0 Å². The van der Waals surface area contributed by atoms with Crippen LogP contribution in [0.25, 0.3) is 0 Å². The third-order valence-corrected chi connectivity index (χ3v) is 11.5. The van der Waals surface area contributed by atoms with Gasteiger partial charge in [0.25, 0.3) is 0 Å². The fourth-order valence-electron chi connectivity index (χ4n) is 8.58. The molecule has 0 bridgehead atoms. The Balaban J connectivity index is 1.18. The van der Waals surface area contributed by atoms with E-state index in [0.717, 1.165) is 77.0 Å². The number of carbonyl (C=O) groups is 3. The molecule has 0 heterocycles. The zero-order valence-electron chi connectivity index (χ0n) is 25.7. The minimum Gasteiger partial charge on any atom is -0.481 e. The highest BCUT2D eigenvalue weighted by Gasteiger charge is 2.43. The minimum atomic E-state index is -0.873. The van der Waals surface area contributed by atoms with Crippen molar-refractivity contribution < 1.29 is 39.1 Å². The molecule has 2 N–H and O–H groups in total. The predicted molar refractivity (Wildman–Crippen MR) is 154 cm³/mol. The molecule has 4 saturated carbocycles. The fraction of sp³-hybridized carbons (Fsp3) is 0.909. The van der Waals surface area contributed by atoms with Gasteiger partial charge in [0.05, 0.1) is 30.5 Å². The second kappa shape index (κ2) is 14.2. The SMILES string of the molecule is CC1CCC(C(=O)O)C(COOC2CCC(C(C)(C)C3CCC(OC(=O)C4CC(C)CCC4C(=O)O)CC3)CC2)C1. The zero-order valence-corrected chi connectivity index (χ0v) is 25.7. The van der Waals surface area contributed by atoms with Crippen LogP contribution in [0.3, 0.4) is 0 Å². The summed E-state index contributed by atoms with van der Waals surface area (Å²) in [6, 6.07) is 0. The van der Waals surface area contributed by atoms with Crippen LogP contribution in [0.1, 0.15) is 118 Å². The Morgan fingerprint density at radius 2 is 1.17 bits per heavy atom. The summed E-state index contributed by atoms with van der Waals surface area (Å²) in [4.78, 5) is 47.8. The highest BCUT2D eigenvalue weighted by Crippen LogP contribution is 2.49. The van der Waals surface area contributed by atoms with E-state index in [1.54, 1.807) is 0 Å². The van der Waals surface area contributed by atoms with Crippen molar-refractivity contribution in [1.29, 1.82) is 0 Å². The Labute approximate surface area is 246 Å². The van der Waals surface area contributed by atoms with Crippen molar-refractivity contribution in [3.8, 4) is 0 Å². The van der Waals surface area contributed by atoms with Gasteiger partial charge >= 0.3 is 17.9 Å². The molecule has 0 aromatic heterocycles. The van der Waals surface area contributed by atoms with Gasteiger partial charge in [-0.25, -0.2) is 9.78 Å². The Hall–Kier alpha value is -1.67. The second-order valence-electron chi connectivity index (χ2n) is 14.7. The Bertz CT molecular complexity index is 886. The lowest BCUT2D eigenvalue weighted by Crippen LogP contribution is -2.41. The van der Waals surface area contributed by atoms with Crippen molar-refractivity contribution in [2.75, 3.05) is 6.61 Å². The Morgan fingerprint density at radius 1 is 0.659 bits per heavy atom. The number of ether oxygens (including phenoxy) is 1. The molecule has 0 saturated heterocycles. The molecule has 0 radical (unpaired) electrons. The third-order valence-electron chi connectivity index (χ3n) is 11.5. The van der Waals surface area contributed by atoms with Crippen LogP contribution in [0, 0.1) is 52.8 Å². The molecule has 4 aliphatic rings. The number of carboxylic acids is 2. The van der Waals surface area contributed by atoms with E-state index in [1.807, 2.05) is 0 Å². The number of aliphatic carboxylic acids is 2. The molecular formula is C33H54O8. The van der Waals surface area contributed by atoms with Gasteiger partial charge in [-0.3, -0.25) is 14.4 Å². The van der Waals surface area contributed by atoms with Crippen LogP contribution < -0.4 is 0 Å². The highest BCUT2D eigenvalue weighted by molar-refractivity contribution is 5.81. The standard InChI is InChI=1S/C33H54O8/c1-20-5-15-27(30(34)35)22(17-20)19-39-41-26-13-9-24(10-14-26)33(3,4)23-7-11-25(12-8-23)40-32(38)29-18-21(2)6-16-28(29)31(36)37/h20-29H,5-19H2,1-4H3,(H,34,35)(H,36,37). The summed E-state index contributed by atoms with van der Waals surface area (Å²) in [5, 5.41) is 19.2. The molecule has 0 aromatic rings. The molecule has 0 amide bonds. The highest BCUT2D eigenvalue weighted by atomic mass is 17.2. The molecule has 0 spiro atoms. The van der Waals surface area contributed by atoms with Crippen molar-refractivity contribution in [3.63, 3.8) is 0 Å². The molecule has 8 nitrogen and oxygen atoms in total.